The lowest BCUT2D eigenvalue weighted by molar-refractivity contribution is -0.129. The molecule has 1 amide bonds. The molecule has 2 fully saturated rings. The van der Waals surface area contributed by atoms with Crippen molar-refractivity contribution >= 4 is 17.2 Å². The molecule has 1 aliphatic carbocycles. The Balaban J connectivity index is 1.39. The van der Waals surface area contributed by atoms with Gasteiger partial charge in [-0.3, -0.25) is 4.79 Å². The van der Waals surface area contributed by atoms with E-state index in [1.54, 1.807) is 18.4 Å². The van der Waals surface area contributed by atoms with Crippen LogP contribution < -0.4 is 9.47 Å². The first kappa shape index (κ1) is 18.3. The molecule has 1 saturated heterocycles. The van der Waals surface area contributed by atoms with Gasteiger partial charge in [-0.15, -0.1) is 11.3 Å². The van der Waals surface area contributed by atoms with E-state index in [9.17, 15) is 9.90 Å². The second kappa shape index (κ2) is 7.90. The fraction of sp³-hybridized carbons (Fsp3) is 0.476. The molecular formula is C21H25NO4S. The third-order valence-corrected chi connectivity index (χ3v) is 6.57. The monoisotopic (exact) mass is 387 g/mol. The molecule has 0 spiro atoms. The molecule has 1 aliphatic heterocycles. The Morgan fingerprint density at radius 1 is 1.15 bits per heavy atom. The quantitative estimate of drug-likeness (QED) is 0.857. The summed E-state index contributed by atoms with van der Waals surface area (Å²) in [5, 5.41) is 12.6. The Morgan fingerprint density at radius 3 is 2.59 bits per heavy atom. The summed E-state index contributed by atoms with van der Waals surface area (Å²) in [5.41, 5.74) is 0. The fourth-order valence-corrected chi connectivity index (χ4v) is 4.97. The van der Waals surface area contributed by atoms with Gasteiger partial charge >= 0.3 is 0 Å². The molecule has 1 aromatic carbocycles. The minimum Gasteiger partial charge on any atom is -0.493 e. The molecule has 6 heteroatoms. The van der Waals surface area contributed by atoms with E-state index in [4.69, 9.17) is 9.47 Å². The minimum absolute atomic E-state index is 0.184. The number of benzene rings is 1. The molecular weight excluding hydrogens is 362 g/mol. The zero-order valence-corrected chi connectivity index (χ0v) is 16.2. The number of rotatable bonds is 5. The summed E-state index contributed by atoms with van der Waals surface area (Å²) in [7, 11) is 1.61. The molecule has 1 saturated carbocycles. The maximum atomic E-state index is 12.6. The zero-order valence-electron chi connectivity index (χ0n) is 15.4. The van der Waals surface area contributed by atoms with Crippen LogP contribution in [0.5, 0.6) is 11.5 Å². The van der Waals surface area contributed by atoms with E-state index in [2.05, 4.69) is 0 Å². The first-order valence-electron chi connectivity index (χ1n) is 9.42. The van der Waals surface area contributed by atoms with Crippen molar-refractivity contribution in [3.63, 3.8) is 0 Å². The zero-order chi connectivity index (χ0) is 18.8. The van der Waals surface area contributed by atoms with Crippen molar-refractivity contribution in [2.24, 2.45) is 11.8 Å². The first-order chi connectivity index (χ1) is 13.1. The Kier molecular flexibility index (Phi) is 5.36. The smallest absolute Gasteiger partial charge is 0.227 e. The van der Waals surface area contributed by atoms with Crippen LogP contribution in [0.3, 0.4) is 0 Å². The number of fused-ring (bicyclic) bond motifs is 1. The van der Waals surface area contributed by atoms with Gasteiger partial charge in [-0.2, -0.15) is 0 Å². The normalized spacial score (nSPS) is 27.3. The number of aliphatic hydroxyl groups is 1. The van der Waals surface area contributed by atoms with Crippen LogP contribution in [0.2, 0.25) is 0 Å². The molecule has 1 aromatic heterocycles. The standard InChI is InChI=1S/C21H25NO4S/c1-25-18-6-2-3-7-19(18)26-20-10-15-13-22(12-14(15)9-17(20)23)21(24)11-16-5-4-8-27-16/h2-8,14-15,17,20,23H,9-13H2,1H3/t14-,15+,17+,20+/m0/s1. The SMILES string of the molecule is COc1ccccc1O[C@@H]1C[C@@H]2CN(C(=O)Cc3cccs3)C[C@@H]2C[C@H]1O. The van der Waals surface area contributed by atoms with Crippen molar-refractivity contribution in [3.8, 4) is 11.5 Å². The third-order valence-electron chi connectivity index (χ3n) is 5.69. The van der Waals surface area contributed by atoms with Crippen LogP contribution in [0.1, 0.15) is 17.7 Å². The average molecular weight is 388 g/mol. The number of para-hydroxylation sites is 2. The lowest BCUT2D eigenvalue weighted by Crippen LogP contribution is -2.42. The molecule has 4 rings (SSSR count). The number of nitrogens with zero attached hydrogens (tertiary/aromatic N) is 1. The van der Waals surface area contributed by atoms with Crippen LogP contribution >= 0.6 is 11.3 Å². The van der Waals surface area contributed by atoms with Gasteiger partial charge in [0.05, 0.1) is 19.6 Å². The summed E-state index contributed by atoms with van der Waals surface area (Å²) in [4.78, 5) is 15.7. The number of likely N-dealkylation sites (tertiary alicyclic amines) is 1. The number of hydrogen-bond donors (Lipinski definition) is 1. The second-order valence-corrected chi connectivity index (χ2v) is 8.45. The van der Waals surface area contributed by atoms with Crippen molar-refractivity contribution in [2.45, 2.75) is 31.5 Å². The first-order valence-corrected chi connectivity index (χ1v) is 10.3. The van der Waals surface area contributed by atoms with Crippen LogP contribution in [-0.2, 0) is 11.2 Å². The van der Waals surface area contributed by atoms with E-state index in [0.717, 1.165) is 24.4 Å². The highest BCUT2D eigenvalue weighted by atomic mass is 32.1. The lowest BCUT2D eigenvalue weighted by atomic mass is 9.78. The van der Waals surface area contributed by atoms with E-state index in [-0.39, 0.29) is 12.0 Å². The van der Waals surface area contributed by atoms with Gasteiger partial charge in [-0.1, -0.05) is 18.2 Å². The molecule has 0 bridgehead atoms. The van der Waals surface area contributed by atoms with E-state index >= 15 is 0 Å². The Morgan fingerprint density at radius 2 is 1.89 bits per heavy atom. The molecule has 5 nitrogen and oxygen atoms in total. The van der Waals surface area contributed by atoms with Gasteiger partial charge < -0.3 is 19.5 Å². The van der Waals surface area contributed by atoms with Gasteiger partial charge in [0.2, 0.25) is 5.91 Å². The summed E-state index contributed by atoms with van der Waals surface area (Å²) < 4.78 is 11.5. The molecule has 0 unspecified atom stereocenters. The lowest BCUT2D eigenvalue weighted by Gasteiger charge is -2.35. The molecule has 2 aromatic rings. The van der Waals surface area contributed by atoms with Crippen molar-refractivity contribution in [3.05, 3.63) is 46.7 Å². The second-order valence-electron chi connectivity index (χ2n) is 7.42. The predicted molar refractivity (Wildman–Crippen MR) is 104 cm³/mol. The number of methoxy groups -OCH3 is 1. The Labute approximate surface area is 163 Å². The number of aliphatic hydroxyl groups excluding tert-OH is 1. The Hall–Kier alpha value is -2.05. The number of carbonyl (C=O) groups is 1. The van der Waals surface area contributed by atoms with Gasteiger partial charge in [0.25, 0.3) is 0 Å². The molecule has 4 atom stereocenters. The van der Waals surface area contributed by atoms with Crippen molar-refractivity contribution < 1.29 is 19.4 Å². The predicted octanol–water partition coefficient (Wildman–Crippen LogP) is 2.98. The van der Waals surface area contributed by atoms with Crippen LogP contribution in [0, 0.1) is 11.8 Å². The number of ether oxygens (including phenoxy) is 2. The van der Waals surface area contributed by atoms with Crippen LogP contribution in [0.4, 0.5) is 0 Å². The summed E-state index contributed by atoms with van der Waals surface area (Å²) in [6.45, 7) is 1.50. The topological polar surface area (TPSA) is 59.0 Å². The highest BCUT2D eigenvalue weighted by Crippen LogP contribution is 2.39. The van der Waals surface area contributed by atoms with Crippen LogP contribution in [0.15, 0.2) is 41.8 Å². The summed E-state index contributed by atoms with van der Waals surface area (Å²) in [5.74, 6) is 2.24. The third kappa shape index (κ3) is 3.96. The maximum Gasteiger partial charge on any atom is 0.227 e. The van der Waals surface area contributed by atoms with Crippen LogP contribution in [0.25, 0.3) is 0 Å². The number of amides is 1. The van der Waals surface area contributed by atoms with E-state index in [1.165, 1.54) is 0 Å². The van der Waals surface area contributed by atoms with E-state index in [0.29, 0.717) is 36.2 Å². The molecule has 2 heterocycles. The number of thiophene rings is 1. The van der Waals surface area contributed by atoms with Gasteiger partial charge in [0, 0.05) is 18.0 Å². The Bertz CT molecular complexity index is 778. The summed E-state index contributed by atoms with van der Waals surface area (Å²) in [6.07, 6.45) is 1.11. The summed E-state index contributed by atoms with van der Waals surface area (Å²) >= 11 is 1.62. The van der Waals surface area contributed by atoms with E-state index in [1.807, 2.05) is 46.7 Å². The molecule has 27 heavy (non-hydrogen) atoms. The highest BCUT2D eigenvalue weighted by molar-refractivity contribution is 7.10. The van der Waals surface area contributed by atoms with Gasteiger partial charge in [-0.25, -0.2) is 0 Å². The van der Waals surface area contributed by atoms with Gasteiger partial charge in [0.1, 0.15) is 6.10 Å². The van der Waals surface area contributed by atoms with Crippen LogP contribution in [-0.4, -0.2) is 48.3 Å². The minimum atomic E-state index is -0.525. The molecule has 2 aliphatic rings. The van der Waals surface area contributed by atoms with Crippen molar-refractivity contribution in [1.29, 1.82) is 0 Å². The molecule has 1 N–H and O–H groups in total. The van der Waals surface area contributed by atoms with E-state index < -0.39 is 6.10 Å². The van der Waals surface area contributed by atoms with Gasteiger partial charge in [0.15, 0.2) is 11.5 Å². The number of carbonyl (C=O) groups excluding carboxylic acids is 1. The molecule has 0 radical (unpaired) electrons. The average Bonchev–Trinajstić information content (AvgIpc) is 3.32. The maximum absolute atomic E-state index is 12.6. The van der Waals surface area contributed by atoms with Gasteiger partial charge in [-0.05, 0) is 48.3 Å². The molecule has 144 valence electrons. The highest BCUT2D eigenvalue weighted by Gasteiger charge is 2.44. The summed E-state index contributed by atoms with van der Waals surface area (Å²) in [6, 6.07) is 11.5. The fourth-order valence-electron chi connectivity index (χ4n) is 4.27. The van der Waals surface area contributed by atoms with Crippen molar-refractivity contribution in [2.75, 3.05) is 20.2 Å². The largest absolute Gasteiger partial charge is 0.493 e. The van der Waals surface area contributed by atoms with Crippen molar-refractivity contribution in [1.82, 2.24) is 4.90 Å². The number of hydrogen-bond acceptors (Lipinski definition) is 5.